The summed E-state index contributed by atoms with van der Waals surface area (Å²) in [7, 11) is 1.72. The molecule has 0 bridgehead atoms. The molecule has 0 spiro atoms. The van der Waals surface area contributed by atoms with E-state index in [1.807, 2.05) is 0 Å². The largest absolute Gasteiger partial charge is 0.390 e. The summed E-state index contributed by atoms with van der Waals surface area (Å²) in [4.78, 5) is 26.0. The number of carbonyl (C=O) groups excluding carboxylic acids is 2. The van der Waals surface area contributed by atoms with E-state index in [9.17, 15) is 14.7 Å². The molecular weight excluding hydrogens is 530 g/mol. The summed E-state index contributed by atoms with van der Waals surface area (Å²) in [5.74, 6) is -0.0474. The van der Waals surface area contributed by atoms with Crippen LogP contribution >= 0.6 is 0 Å². The molecule has 0 aromatic rings. The third-order valence-electron chi connectivity index (χ3n) is 8.95. The Labute approximate surface area is 268 Å². The lowest BCUT2D eigenvalue weighted by Gasteiger charge is -2.28. The number of quaternary nitrogens is 1. The Kier molecular flexibility index (Phi) is 31.2. The maximum atomic E-state index is 13.0. The van der Waals surface area contributed by atoms with Gasteiger partial charge in [0, 0.05) is 0 Å². The lowest BCUT2D eigenvalue weighted by Crippen LogP contribution is -2.55. The molecule has 4 heteroatoms. The molecule has 0 heterocycles. The number of likely N-dealkylation sites (N-methyl/N-ethyl adjacent to an activating group) is 1. The minimum Gasteiger partial charge on any atom is -0.390 e. The number of amides is 2. The number of hydrogen-bond acceptors (Lipinski definition) is 3. The molecule has 0 unspecified atom stereocenters. The average molecular weight is 605 g/mol. The molecule has 0 fully saturated rings. The van der Waals surface area contributed by atoms with Crippen LogP contribution in [-0.4, -0.2) is 41.6 Å². The van der Waals surface area contributed by atoms with Crippen LogP contribution in [0, 0.1) is 0 Å². The second-order valence-corrected chi connectivity index (χ2v) is 13.1. The second-order valence-electron chi connectivity index (χ2n) is 13.1. The van der Waals surface area contributed by atoms with Gasteiger partial charge in [0.2, 0.25) is 0 Å². The molecule has 0 rings (SSSR count). The average Bonchev–Trinajstić information content (AvgIpc) is 3.00. The summed E-state index contributed by atoms with van der Waals surface area (Å²) in [6, 6.07) is 0. The first-order chi connectivity index (χ1) is 21.0. The molecule has 0 saturated heterocycles. The van der Waals surface area contributed by atoms with Gasteiger partial charge in [-0.25, -0.2) is 9.59 Å². The lowest BCUT2D eigenvalue weighted by molar-refractivity contribution is -0.759. The van der Waals surface area contributed by atoms with Crippen molar-refractivity contribution >= 4 is 11.8 Å². The van der Waals surface area contributed by atoms with Crippen molar-refractivity contribution in [3.63, 3.8) is 0 Å². The van der Waals surface area contributed by atoms with E-state index in [0.29, 0.717) is 12.8 Å². The summed E-state index contributed by atoms with van der Waals surface area (Å²) in [5, 5.41) is 9.58. The smallest absolute Gasteiger partial charge is 0.320 e. The van der Waals surface area contributed by atoms with Crippen LogP contribution in [0.5, 0.6) is 0 Å². The van der Waals surface area contributed by atoms with Crippen molar-refractivity contribution in [1.29, 1.82) is 0 Å². The number of nitrogens with zero attached hydrogens (tertiary/aromatic N) is 1. The van der Waals surface area contributed by atoms with Gasteiger partial charge in [-0.15, -0.1) is 0 Å². The van der Waals surface area contributed by atoms with E-state index < -0.39 is 0 Å². The highest BCUT2D eigenvalue weighted by Crippen LogP contribution is 2.17. The third-order valence-corrected chi connectivity index (χ3v) is 8.95. The highest BCUT2D eigenvalue weighted by molar-refractivity contribution is 5.84. The Morgan fingerprint density at radius 1 is 0.465 bits per heavy atom. The van der Waals surface area contributed by atoms with Crippen molar-refractivity contribution in [1.82, 2.24) is 0 Å². The number of imide groups is 1. The van der Waals surface area contributed by atoms with E-state index in [4.69, 9.17) is 0 Å². The van der Waals surface area contributed by atoms with Crippen LogP contribution in [0.25, 0.3) is 0 Å². The van der Waals surface area contributed by atoms with Crippen molar-refractivity contribution in [2.45, 2.75) is 194 Å². The van der Waals surface area contributed by atoms with Crippen molar-refractivity contribution in [3.8, 4) is 0 Å². The molecular formula is C39H74NO3+. The van der Waals surface area contributed by atoms with Gasteiger partial charge in [-0.2, -0.15) is 4.48 Å². The first kappa shape index (κ1) is 41.7. The fourth-order valence-electron chi connectivity index (χ4n) is 5.78. The lowest BCUT2D eigenvalue weighted by atomic mass is 10.1. The molecule has 1 N–H and O–H groups in total. The highest BCUT2D eigenvalue weighted by atomic mass is 16.3. The van der Waals surface area contributed by atoms with Gasteiger partial charge in [0.25, 0.3) is 0 Å². The maximum Gasteiger partial charge on any atom is 0.320 e. The van der Waals surface area contributed by atoms with Crippen LogP contribution in [0.3, 0.4) is 0 Å². The third kappa shape index (κ3) is 25.7. The van der Waals surface area contributed by atoms with Gasteiger partial charge in [-0.05, 0) is 64.2 Å². The van der Waals surface area contributed by atoms with Gasteiger partial charge in [-0.1, -0.05) is 141 Å². The van der Waals surface area contributed by atoms with E-state index in [-0.39, 0.29) is 29.4 Å². The number of carbonyl (C=O) groups is 2. The van der Waals surface area contributed by atoms with E-state index in [2.05, 4.69) is 38.2 Å². The molecule has 252 valence electrons. The quantitative estimate of drug-likeness (QED) is 0.0472. The monoisotopic (exact) mass is 605 g/mol. The minimum atomic E-state index is -0.233. The predicted molar refractivity (Wildman–Crippen MR) is 187 cm³/mol. The number of aliphatic hydroxyl groups is 1. The van der Waals surface area contributed by atoms with Gasteiger partial charge in [0.15, 0.2) is 0 Å². The summed E-state index contributed by atoms with van der Waals surface area (Å²) in [6.45, 7) is 4.60. The minimum absolute atomic E-state index is 0.0237. The Balaban J connectivity index is 3.89. The van der Waals surface area contributed by atoms with Gasteiger partial charge < -0.3 is 5.11 Å². The van der Waals surface area contributed by atoms with Crippen LogP contribution in [0.1, 0.15) is 194 Å². The summed E-state index contributed by atoms with van der Waals surface area (Å²) < 4.78 is -0.233. The normalized spacial score (nSPS) is 13.3. The Morgan fingerprint density at radius 2 is 0.744 bits per heavy atom. The summed E-state index contributed by atoms with van der Waals surface area (Å²) in [5.41, 5.74) is 0. The van der Waals surface area contributed by atoms with Crippen molar-refractivity contribution in [2.75, 3.05) is 20.2 Å². The number of rotatable bonds is 32. The number of unbranched alkanes of at least 4 members (excludes halogenated alkanes) is 22. The molecule has 0 aromatic heterocycles. The number of allylic oxidation sites excluding steroid dienone is 4. The van der Waals surface area contributed by atoms with Crippen LogP contribution < -0.4 is 0 Å². The van der Waals surface area contributed by atoms with E-state index >= 15 is 0 Å². The summed E-state index contributed by atoms with van der Waals surface area (Å²) >= 11 is 0. The molecule has 4 nitrogen and oxygen atoms in total. The van der Waals surface area contributed by atoms with Crippen LogP contribution in [0.4, 0.5) is 0 Å². The van der Waals surface area contributed by atoms with Crippen molar-refractivity contribution < 1.29 is 19.2 Å². The molecule has 2 amide bonds. The van der Waals surface area contributed by atoms with Crippen LogP contribution in [0.15, 0.2) is 24.3 Å². The van der Waals surface area contributed by atoms with E-state index in [0.717, 1.165) is 51.4 Å². The van der Waals surface area contributed by atoms with Crippen LogP contribution in [-0.2, 0) is 9.59 Å². The first-order valence-corrected chi connectivity index (χ1v) is 18.9. The van der Waals surface area contributed by atoms with Gasteiger partial charge in [0.05, 0.1) is 26.5 Å². The van der Waals surface area contributed by atoms with E-state index in [1.54, 1.807) is 7.05 Å². The van der Waals surface area contributed by atoms with Crippen LogP contribution in [0.2, 0.25) is 0 Å². The number of hydrogen-bond donors (Lipinski definition) is 1. The highest BCUT2D eigenvalue weighted by Gasteiger charge is 2.38. The van der Waals surface area contributed by atoms with E-state index in [1.165, 1.54) is 116 Å². The molecule has 0 atom stereocenters. The Hall–Kier alpha value is -1.26. The molecule has 0 aliphatic rings. The molecule has 0 saturated carbocycles. The molecule has 0 aliphatic heterocycles. The zero-order valence-electron chi connectivity index (χ0n) is 29.2. The molecule has 0 radical (unpaired) electrons. The second kappa shape index (κ2) is 32.1. The zero-order chi connectivity index (χ0) is 31.7. The molecule has 43 heavy (non-hydrogen) atoms. The standard InChI is InChI=1S/C39H74NO3/c1-4-6-8-10-12-14-16-18-20-22-24-26-28-30-32-34-38(42)40(3,36-37-41)39(43)35-33-31-29-27-25-23-21-19-17-15-13-11-9-7-5-2/h18-21,41H,4-17,22-37H2,1-3H3/q+1. The topological polar surface area (TPSA) is 54.4 Å². The Bertz CT molecular complexity index is 632. The molecule has 0 aliphatic carbocycles. The molecule has 0 aromatic carbocycles. The van der Waals surface area contributed by atoms with Gasteiger partial charge >= 0.3 is 11.8 Å². The zero-order valence-corrected chi connectivity index (χ0v) is 29.2. The SMILES string of the molecule is CCCCCCCCC=CCCCCCCCC(=O)[N+](C)(CCO)C(=O)CCCCCCCC=CCCCCCCCC. The fourth-order valence-corrected chi connectivity index (χ4v) is 5.78. The Morgan fingerprint density at radius 3 is 1.05 bits per heavy atom. The number of aliphatic hydroxyl groups excluding tert-OH is 1. The first-order valence-electron chi connectivity index (χ1n) is 18.9. The maximum absolute atomic E-state index is 13.0. The summed E-state index contributed by atoms with van der Waals surface area (Å²) in [6.07, 6.45) is 42.2. The van der Waals surface area contributed by atoms with Crippen molar-refractivity contribution in [2.24, 2.45) is 0 Å². The predicted octanol–water partition coefficient (Wildman–Crippen LogP) is 11.6. The fraction of sp³-hybridized carbons (Fsp3) is 0.846. The van der Waals surface area contributed by atoms with Crippen molar-refractivity contribution in [3.05, 3.63) is 24.3 Å². The van der Waals surface area contributed by atoms with Gasteiger partial charge in [0.1, 0.15) is 6.54 Å². The van der Waals surface area contributed by atoms with Gasteiger partial charge in [-0.3, -0.25) is 0 Å².